The van der Waals surface area contributed by atoms with E-state index in [0.717, 1.165) is 18.4 Å². The van der Waals surface area contributed by atoms with Gasteiger partial charge in [0.15, 0.2) is 11.5 Å². The van der Waals surface area contributed by atoms with E-state index in [0.29, 0.717) is 16.5 Å². The summed E-state index contributed by atoms with van der Waals surface area (Å²) in [5, 5.41) is 0.531. The van der Waals surface area contributed by atoms with E-state index >= 15 is 0 Å². The highest BCUT2D eigenvalue weighted by Crippen LogP contribution is 2.37. The zero-order chi connectivity index (χ0) is 12.1. The number of ether oxygens (including phenoxy) is 2. The summed E-state index contributed by atoms with van der Waals surface area (Å²) in [6.07, 6.45) is 1.96. The van der Waals surface area contributed by atoms with Crippen LogP contribution in [0.2, 0.25) is 5.02 Å². The minimum absolute atomic E-state index is 0.0118. The van der Waals surface area contributed by atoms with Crippen LogP contribution in [0.15, 0.2) is 12.1 Å². The SMILES string of the molecule is CCC[C@H](N)c1cc(Cl)c(OC)c(OC)c1. The van der Waals surface area contributed by atoms with Crippen LogP contribution in [0.1, 0.15) is 31.4 Å². The van der Waals surface area contributed by atoms with Crippen molar-refractivity contribution in [2.45, 2.75) is 25.8 Å². The highest BCUT2D eigenvalue weighted by atomic mass is 35.5. The van der Waals surface area contributed by atoms with Crippen molar-refractivity contribution in [1.82, 2.24) is 0 Å². The van der Waals surface area contributed by atoms with E-state index in [1.54, 1.807) is 14.2 Å². The molecule has 0 spiro atoms. The van der Waals surface area contributed by atoms with Crippen LogP contribution in [0.4, 0.5) is 0 Å². The average Bonchev–Trinajstić information content (AvgIpc) is 2.28. The maximum Gasteiger partial charge on any atom is 0.179 e. The lowest BCUT2D eigenvalue weighted by Gasteiger charge is -2.15. The summed E-state index contributed by atoms with van der Waals surface area (Å²) in [7, 11) is 3.15. The van der Waals surface area contributed by atoms with Crippen LogP contribution in [-0.2, 0) is 0 Å². The van der Waals surface area contributed by atoms with E-state index < -0.39 is 0 Å². The molecule has 3 nitrogen and oxygen atoms in total. The molecule has 0 aromatic heterocycles. The zero-order valence-electron chi connectivity index (χ0n) is 9.92. The van der Waals surface area contributed by atoms with Gasteiger partial charge < -0.3 is 15.2 Å². The molecule has 1 rings (SSSR count). The van der Waals surface area contributed by atoms with Crippen LogP contribution in [0.5, 0.6) is 11.5 Å². The van der Waals surface area contributed by atoms with Crippen molar-refractivity contribution in [1.29, 1.82) is 0 Å². The summed E-state index contributed by atoms with van der Waals surface area (Å²) in [5.41, 5.74) is 7.01. The second kappa shape index (κ2) is 5.97. The fraction of sp³-hybridized carbons (Fsp3) is 0.500. The molecular formula is C12H18ClNO2. The van der Waals surface area contributed by atoms with Crippen LogP contribution >= 0.6 is 11.6 Å². The van der Waals surface area contributed by atoms with Crippen molar-refractivity contribution < 1.29 is 9.47 Å². The first-order valence-electron chi connectivity index (χ1n) is 5.31. The van der Waals surface area contributed by atoms with Gasteiger partial charge in [-0.05, 0) is 24.1 Å². The average molecular weight is 244 g/mol. The molecule has 4 heteroatoms. The van der Waals surface area contributed by atoms with E-state index in [2.05, 4.69) is 6.92 Å². The van der Waals surface area contributed by atoms with Crippen LogP contribution in [0, 0.1) is 0 Å². The Morgan fingerprint density at radius 1 is 1.31 bits per heavy atom. The molecule has 2 N–H and O–H groups in total. The molecule has 0 saturated carbocycles. The van der Waals surface area contributed by atoms with E-state index in [9.17, 15) is 0 Å². The van der Waals surface area contributed by atoms with Gasteiger partial charge in [-0.25, -0.2) is 0 Å². The number of nitrogens with two attached hydrogens (primary N) is 1. The van der Waals surface area contributed by atoms with Crippen molar-refractivity contribution in [2.24, 2.45) is 5.73 Å². The second-order valence-corrected chi connectivity index (χ2v) is 4.04. The number of rotatable bonds is 5. The zero-order valence-corrected chi connectivity index (χ0v) is 10.7. The Labute approximate surface area is 101 Å². The van der Waals surface area contributed by atoms with Gasteiger partial charge in [-0.1, -0.05) is 24.9 Å². The molecule has 0 bridgehead atoms. The summed E-state index contributed by atoms with van der Waals surface area (Å²) >= 11 is 6.10. The topological polar surface area (TPSA) is 44.5 Å². The Morgan fingerprint density at radius 3 is 2.50 bits per heavy atom. The van der Waals surface area contributed by atoms with Gasteiger partial charge >= 0.3 is 0 Å². The summed E-state index contributed by atoms with van der Waals surface area (Å²) < 4.78 is 10.4. The molecule has 0 aliphatic rings. The van der Waals surface area contributed by atoms with Crippen molar-refractivity contribution in [3.05, 3.63) is 22.7 Å². The number of benzene rings is 1. The molecule has 16 heavy (non-hydrogen) atoms. The molecular weight excluding hydrogens is 226 g/mol. The lowest BCUT2D eigenvalue weighted by molar-refractivity contribution is 0.354. The Balaban J connectivity index is 3.09. The Hall–Kier alpha value is -0.930. The van der Waals surface area contributed by atoms with Gasteiger partial charge in [0, 0.05) is 6.04 Å². The summed E-state index contributed by atoms with van der Waals surface area (Å²) in [4.78, 5) is 0. The van der Waals surface area contributed by atoms with Crippen LogP contribution < -0.4 is 15.2 Å². The monoisotopic (exact) mass is 243 g/mol. The minimum atomic E-state index is -0.0118. The first-order chi connectivity index (χ1) is 7.63. The number of hydrogen-bond donors (Lipinski definition) is 1. The van der Waals surface area contributed by atoms with E-state index in [1.807, 2.05) is 12.1 Å². The molecule has 0 saturated heterocycles. The van der Waals surface area contributed by atoms with Crippen LogP contribution in [-0.4, -0.2) is 14.2 Å². The molecule has 0 aliphatic carbocycles. The highest BCUT2D eigenvalue weighted by Gasteiger charge is 2.14. The molecule has 0 fully saturated rings. The fourth-order valence-electron chi connectivity index (χ4n) is 1.63. The van der Waals surface area contributed by atoms with Gasteiger partial charge in [-0.15, -0.1) is 0 Å². The van der Waals surface area contributed by atoms with Gasteiger partial charge in [0.05, 0.1) is 19.2 Å². The third-order valence-corrected chi connectivity index (χ3v) is 2.76. The Kier molecular flexibility index (Phi) is 4.90. The smallest absolute Gasteiger partial charge is 0.179 e. The standard InChI is InChI=1S/C12H18ClNO2/c1-4-5-10(14)8-6-9(13)12(16-3)11(7-8)15-2/h6-7,10H,4-5,14H2,1-3H3/t10-/m0/s1. The maximum absolute atomic E-state index is 6.10. The molecule has 1 aromatic carbocycles. The first-order valence-corrected chi connectivity index (χ1v) is 5.68. The summed E-state index contributed by atoms with van der Waals surface area (Å²) in [6, 6.07) is 3.70. The lowest BCUT2D eigenvalue weighted by atomic mass is 10.0. The van der Waals surface area contributed by atoms with Crippen molar-refractivity contribution in [3.8, 4) is 11.5 Å². The molecule has 0 amide bonds. The molecule has 0 radical (unpaired) electrons. The van der Waals surface area contributed by atoms with Gasteiger partial charge in [0.25, 0.3) is 0 Å². The fourth-order valence-corrected chi connectivity index (χ4v) is 1.93. The Morgan fingerprint density at radius 2 is 2.00 bits per heavy atom. The Bertz CT molecular complexity index is 355. The van der Waals surface area contributed by atoms with E-state index in [4.69, 9.17) is 26.8 Å². The number of halogens is 1. The number of hydrogen-bond acceptors (Lipinski definition) is 3. The highest BCUT2D eigenvalue weighted by molar-refractivity contribution is 6.32. The number of methoxy groups -OCH3 is 2. The van der Waals surface area contributed by atoms with E-state index in [-0.39, 0.29) is 6.04 Å². The lowest BCUT2D eigenvalue weighted by Crippen LogP contribution is -2.10. The van der Waals surface area contributed by atoms with Crippen LogP contribution in [0.25, 0.3) is 0 Å². The van der Waals surface area contributed by atoms with Gasteiger partial charge in [-0.2, -0.15) is 0 Å². The van der Waals surface area contributed by atoms with Crippen molar-refractivity contribution in [2.75, 3.05) is 14.2 Å². The predicted molar refractivity (Wildman–Crippen MR) is 66.4 cm³/mol. The third kappa shape index (κ3) is 2.80. The minimum Gasteiger partial charge on any atom is -0.493 e. The third-order valence-electron chi connectivity index (χ3n) is 2.48. The second-order valence-electron chi connectivity index (χ2n) is 3.63. The maximum atomic E-state index is 6.10. The largest absolute Gasteiger partial charge is 0.493 e. The quantitative estimate of drug-likeness (QED) is 0.864. The summed E-state index contributed by atoms with van der Waals surface area (Å²) in [6.45, 7) is 2.10. The van der Waals surface area contributed by atoms with Gasteiger partial charge in [-0.3, -0.25) is 0 Å². The molecule has 0 unspecified atom stereocenters. The summed E-state index contributed by atoms with van der Waals surface area (Å²) in [5.74, 6) is 1.17. The van der Waals surface area contributed by atoms with Gasteiger partial charge in [0.2, 0.25) is 0 Å². The van der Waals surface area contributed by atoms with Crippen molar-refractivity contribution >= 4 is 11.6 Å². The molecule has 0 heterocycles. The molecule has 1 aromatic rings. The first kappa shape index (κ1) is 13.1. The van der Waals surface area contributed by atoms with Crippen molar-refractivity contribution in [3.63, 3.8) is 0 Å². The molecule has 90 valence electrons. The molecule has 0 aliphatic heterocycles. The van der Waals surface area contributed by atoms with Crippen LogP contribution in [0.3, 0.4) is 0 Å². The molecule has 1 atom stereocenters. The van der Waals surface area contributed by atoms with E-state index in [1.165, 1.54) is 0 Å². The normalized spacial score (nSPS) is 12.3. The van der Waals surface area contributed by atoms with Gasteiger partial charge in [0.1, 0.15) is 0 Å². The predicted octanol–water partition coefficient (Wildman–Crippen LogP) is 3.16.